The molecule has 1 unspecified atom stereocenters. The molecule has 2 aliphatic rings. The topological polar surface area (TPSA) is 41.6 Å². The van der Waals surface area contributed by atoms with Gasteiger partial charge in [-0.25, -0.2) is 0 Å². The fourth-order valence-corrected chi connectivity index (χ4v) is 4.21. The second-order valence-corrected chi connectivity index (χ2v) is 7.80. The minimum atomic E-state index is -0.454. The van der Waals surface area contributed by atoms with Crippen molar-refractivity contribution < 1.29 is 9.53 Å². The van der Waals surface area contributed by atoms with E-state index in [4.69, 9.17) is 4.74 Å². The van der Waals surface area contributed by atoms with Crippen LogP contribution in [0, 0.1) is 12.3 Å². The Labute approximate surface area is 146 Å². The largest absolute Gasteiger partial charge is 0.480 e. The van der Waals surface area contributed by atoms with Crippen LogP contribution in [0.2, 0.25) is 0 Å². The number of aryl methyl sites for hydroxylation is 1. The van der Waals surface area contributed by atoms with Crippen molar-refractivity contribution in [3.63, 3.8) is 0 Å². The number of carbonyl (C=O) groups excluding carboxylic acids is 1. The Morgan fingerprint density at radius 2 is 2.09 bits per heavy atom. The number of hydrogen-bond donors (Lipinski definition) is 1. The highest BCUT2D eigenvalue weighted by Gasteiger charge is 2.38. The van der Waals surface area contributed by atoms with Crippen LogP contribution in [0.4, 0.5) is 0 Å². The molecule has 3 rings (SSSR count). The zero-order chi connectivity index (χ0) is 16.4. The van der Waals surface area contributed by atoms with E-state index in [-0.39, 0.29) is 5.91 Å². The average molecular weight is 381 g/mol. The minimum Gasteiger partial charge on any atom is -0.480 e. The summed E-state index contributed by atoms with van der Waals surface area (Å²) in [5, 5.41) is 3.46. The number of carbonyl (C=O) groups is 1. The van der Waals surface area contributed by atoms with Crippen molar-refractivity contribution in [3.8, 4) is 5.75 Å². The van der Waals surface area contributed by atoms with Gasteiger partial charge in [0.25, 0.3) is 5.91 Å². The van der Waals surface area contributed by atoms with E-state index < -0.39 is 6.10 Å². The van der Waals surface area contributed by atoms with Gasteiger partial charge in [-0.1, -0.05) is 6.07 Å². The number of amides is 1. The van der Waals surface area contributed by atoms with Crippen LogP contribution in [0.25, 0.3) is 0 Å². The third-order valence-electron chi connectivity index (χ3n) is 5.21. The fraction of sp³-hybridized carbons (Fsp3) is 0.611. The highest BCUT2D eigenvalue weighted by atomic mass is 79.9. The second-order valence-electron chi connectivity index (χ2n) is 6.95. The maximum atomic E-state index is 12.7. The zero-order valence-corrected chi connectivity index (χ0v) is 15.5. The molecule has 1 aromatic carbocycles. The number of halogens is 1. The molecule has 2 saturated heterocycles. The summed E-state index contributed by atoms with van der Waals surface area (Å²) in [7, 11) is 0. The number of nitrogens with one attached hydrogen (secondary N) is 1. The summed E-state index contributed by atoms with van der Waals surface area (Å²) in [5.74, 6) is 0.822. The molecule has 2 aliphatic heterocycles. The molecule has 1 spiro atoms. The van der Waals surface area contributed by atoms with Crippen molar-refractivity contribution in [1.29, 1.82) is 0 Å². The summed E-state index contributed by atoms with van der Waals surface area (Å²) in [6.07, 6.45) is 3.00. The molecule has 1 N–H and O–H groups in total. The lowest BCUT2D eigenvalue weighted by Gasteiger charge is -2.39. The summed E-state index contributed by atoms with van der Waals surface area (Å²) in [6, 6.07) is 5.91. The molecule has 23 heavy (non-hydrogen) atoms. The Balaban J connectivity index is 1.57. The van der Waals surface area contributed by atoms with E-state index in [2.05, 4.69) is 21.2 Å². The van der Waals surface area contributed by atoms with E-state index in [1.807, 2.05) is 36.9 Å². The Hall–Kier alpha value is -1.07. The van der Waals surface area contributed by atoms with Crippen molar-refractivity contribution in [2.75, 3.05) is 26.2 Å². The summed E-state index contributed by atoms with van der Waals surface area (Å²) >= 11 is 3.50. The van der Waals surface area contributed by atoms with Gasteiger partial charge in [-0.15, -0.1) is 0 Å². The second kappa shape index (κ2) is 6.81. The molecule has 1 amide bonds. The Kier molecular flexibility index (Phi) is 4.97. The summed E-state index contributed by atoms with van der Waals surface area (Å²) in [5.41, 5.74) is 1.59. The molecule has 0 bridgehead atoms. The number of piperidine rings is 1. The molecule has 5 heteroatoms. The quantitative estimate of drug-likeness (QED) is 0.875. The lowest BCUT2D eigenvalue weighted by Crippen LogP contribution is -2.48. The monoisotopic (exact) mass is 380 g/mol. The SMILES string of the molecule is Cc1ccc(OC(C)C(=O)N2CCC3(CCNC3)CC2)c(Br)c1. The number of rotatable bonds is 3. The lowest BCUT2D eigenvalue weighted by molar-refractivity contribution is -0.140. The van der Waals surface area contributed by atoms with Gasteiger partial charge in [0.05, 0.1) is 4.47 Å². The molecule has 2 heterocycles. The van der Waals surface area contributed by atoms with E-state index in [0.29, 0.717) is 5.41 Å². The first-order chi connectivity index (χ1) is 11.0. The number of hydrogen-bond acceptors (Lipinski definition) is 3. The van der Waals surface area contributed by atoms with Gasteiger partial charge in [0.1, 0.15) is 5.75 Å². The molecule has 2 fully saturated rings. The van der Waals surface area contributed by atoms with Crippen LogP contribution in [0.1, 0.15) is 31.7 Å². The van der Waals surface area contributed by atoms with E-state index in [0.717, 1.165) is 54.8 Å². The van der Waals surface area contributed by atoms with Crippen LogP contribution < -0.4 is 10.1 Å². The van der Waals surface area contributed by atoms with E-state index in [9.17, 15) is 4.79 Å². The third-order valence-corrected chi connectivity index (χ3v) is 5.83. The van der Waals surface area contributed by atoms with Gasteiger partial charge in [0.15, 0.2) is 6.10 Å². The van der Waals surface area contributed by atoms with Gasteiger partial charge < -0.3 is 15.0 Å². The molecule has 126 valence electrons. The molecule has 1 atom stereocenters. The normalized spacial score (nSPS) is 21.4. The van der Waals surface area contributed by atoms with Crippen LogP contribution in [-0.2, 0) is 4.79 Å². The van der Waals surface area contributed by atoms with Crippen LogP contribution in [0.5, 0.6) is 5.75 Å². The van der Waals surface area contributed by atoms with Gasteiger partial charge >= 0.3 is 0 Å². The maximum Gasteiger partial charge on any atom is 0.263 e. The van der Waals surface area contributed by atoms with Gasteiger partial charge in [-0.2, -0.15) is 0 Å². The highest BCUT2D eigenvalue weighted by Crippen LogP contribution is 2.37. The first-order valence-corrected chi connectivity index (χ1v) is 9.21. The number of nitrogens with zero attached hydrogens (tertiary/aromatic N) is 1. The number of benzene rings is 1. The summed E-state index contributed by atoms with van der Waals surface area (Å²) < 4.78 is 6.78. The molecule has 1 aromatic rings. The first kappa shape index (κ1) is 16.8. The lowest BCUT2D eigenvalue weighted by atomic mass is 9.78. The van der Waals surface area contributed by atoms with Gasteiger partial charge in [-0.05, 0) is 78.7 Å². The van der Waals surface area contributed by atoms with Crippen LogP contribution in [0.15, 0.2) is 22.7 Å². The number of ether oxygens (including phenoxy) is 1. The molecule has 0 aromatic heterocycles. The molecule has 0 radical (unpaired) electrons. The Morgan fingerprint density at radius 3 is 2.70 bits per heavy atom. The van der Waals surface area contributed by atoms with Crippen molar-refractivity contribution in [3.05, 3.63) is 28.2 Å². The standard InChI is InChI=1S/C18H25BrN2O2/c1-13-3-4-16(15(19)11-13)23-14(2)17(22)21-9-6-18(7-10-21)5-8-20-12-18/h3-4,11,14,20H,5-10,12H2,1-2H3. The van der Waals surface area contributed by atoms with Crippen molar-refractivity contribution in [1.82, 2.24) is 10.2 Å². The van der Waals surface area contributed by atoms with Crippen LogP contribution >= 0.6 is 15.9 Å². The Bertz CT molecular complexity index is 574. The van der Waals surface area contributed by atoms with Gasteiger partial charge in [-0.3, -0.25) is 4.79 Å². The Morgan fingerprint density at radius 1 is 1.35 bits per heavy atom. The molecule has 4 nitrogen and oxygen atoms in total. The zero-order valence-electron chi connectivity index (χ0n) is 13.9. The fourth-order valence-electron chi connectivity index (χ4n) is 3.62. The van der Waals surface area contributed by atoms with Gasteiger partial charge in [0.2, 0.25) is 0 Å². The smallest absolute Gasteiger partial charge is 0.263 e. The third kappa shape index (κ3) is 3.72. The summed E-state index contributed by atoms with van der Waals surface area (Å²) in [6.45, 7) is 7.81. The van der Waals surface area contributed by atoms with Crippen LogP contribution in [-0.4, -0.2) is 43.1 Å². The predicted molar refractivity (Wildman–Crippen MR) is 94.7 cm³/mol. The maximum absolute atomic E-state index is 12.7. The van der Waals surface area contributed by atoms with Crippen molar-refractivity contribution in [2.45, 2.75) is 39.2 Å². The first-order valence-electron chi connectivity index (χ1n) is 8.41. The predicted octanol–water partition coefficient (Wildman–Crippen LogP) is 3.13. The van der Waals surface area contributed by atoms with Gasteiger partial charge in [0, 0.05) is 19.6 Å². The highest BCUT2D eigenvalue weighted by molar-refractivity contribution is 9.10. The van der Waals surface area contributed by atoms with Crippen molar-refractivity contribution >= 4 is 21.8 Å². The van der Waals surface area contributed by atoms with E-state index in [1.54, 1.807) is 0 Å². The van der Waals surface area contributed by atoms with Crippen molar-refractivity contribution in [2.24, 2.45) is 5.41 Å². The molecule has 0 saturated carbocycles. The molecular formula is C18H25BrN2O2. The molecular weight excluding hydrogens is 356 g/mol. The van der Waals surface area contributed by atoms with E-state index in [1.165, 1.54) is 6.42 Å². The van der Waals surface area contributed by atoms with Crippen LogP contribution in [0.3, 0.4) is 0 Å². The van der Waals surface area contributed by atoms with E-state index >= 15 is 0 Å². The summed E-state index contributed by atoms with van der Waals surface area (Å²) in [4.78, 5) is 14.6. The average Bonchev–Trinajstić information content (AvgIpc) is 2.98. The number of likely N-dealkylation sites (tertiary alicyclic amines) is 1. The minimum absolute atomic E-state index is 0.0956. The molecule has 0 aliphatic carbocycles.